The van der Waals surface area contributed by atoms with Gasteiger partial charge in [-0.1, -0.05) is 12.1 Å². The molecule has 0 spiro atoms. The van der Waals surface area contributed by atoms with Gasteiger partial charge in [-0.15, -0.1) is 11.3 Å². The normalized spacial score (nSPS) is 11.6. The maximum atomic E-state index is 13.3. The van der Waals surface area contributed by atoms with Crippen LogP contribution in [0.5, 0.6) is 5.75 Å². The highest BCUT2D eigenvalue weighted by molar-refractivity contribution is 7.09. The van der Waals surface area contributed by atoms with Gasteiger partial charge in [0.15, 0.2) is 11.8 Å². The Hall–Kier alpha value is -3.33. The first kappa shape index (κ1) is 22.4. The fourth-order valence-corrected chi connectivity index (χ4v) is 3.39. The third-order valence-electron chi connectivity index (χ3n) is 4.25. The van der Waals surface area contributed by atoms with E-state index in [-0.39, 0.29) is 30.5 Å². The molecule has 0 saturated carbocycles. The van der Waals surface area contributed by atoms with Crippen LogP contribution in [-0.2, 0) is 22.7 Å². The molecule has 1 amide bonds. The monoisotopic (exact) mass is 446 g/mol. The SMILES string of the molecule is CC(OC(=O)c1csc(COc2ccc(F)cc2)n1)C(=O)N(C)Cc1cccc(F)c1. The van der Waals surface area contributed by atoms with E-state index in [1.165, 1.54) is 64.9 Å². The number of halogens is 2. The van der Waals surface area contributed by atoms with E-state index < -0.39 is 18.0 Å². The Morgan fingerprint density at radius 2 is 1.87 bits per heavy atom. The second-order valence-electron chi connectivity index (χ2n) is 6.74. The first-order valence-corrected chi connectivity index (χ1v) is 10.2. The predicted octanol–water partition coefficient (Wildman–Crippen LogP) is 4.20. The molecule has 0 saturated heterocycles. The average Bonchev–Trinajstić information content (AvgIpc) is 3.22. The lowest BCUT2D eigenvalue weighted by atomic mass is 10.2. The van der Waals surface area contributed by atoms with Gasteiger partial charge in [-0.2, -0.15) is 0 Å². The lowest BCUT2D eigenvalue weighted by molar-refractivity contribution is -0.139. The molecule has 1 heterocycles. The second-order valence-corrected chi connectivity index (χ2v) is 7.68. The molecule has 0 fully saturated rings. The molecular weight excluding hydrogens is 426 g/mol. The number of benzene rings is 2. The van der Waals surface area contributed by atoms with E-state index in [4.69, 9.17) is 9.47 Å². The predicted molar refractivity (Wildman–Crippen MR) is 111 cm³/mol. The number of nitrogens with zero attached hydrogens (tertiary/aromatic N) is 2. The molecule has 0 radical (unpaired) electrons. The smallest absolute Gasteiger partial charge is 0.358 e. The molecule has 0 bridgehead atoms. The van der Waals surface area contributed by atoms with Crippen LogP contribution in [0.3, 0.4) is 0 Å². The van der Waals surface area contributed by atoms with Crippen LogP contribution in [0.1, 0.15) is 28.0 Å². The first-order chi connectivity index (χ1) is 14.8. The van der Waals surface area contributed by atoms with Crippen molar-refractivity contribution in [2.24, 2.45) is 0 Å². The minimum absolute atomic E-state index is 0.0649. The van der Waals surface area contributed by atoms with Crippen molar-refractivity contribution in [2.45, 2.75) is 26.2 Å². The average molecular weight is 446 g/mol. The minimum Gasteiger partial charge on any atom is -0.486 e. The van der Waals surface area contributed by atoms with Crippen molar-refractivity contribution in [1.82, 2.24) is 9.88 Å². The first-order valence-electron chi connectivity index (χ1n) is 9.35. The molecule has 0 aliphatic rings. The molecule has 31 heavy (non-hydrogen) atoms. The topological polar surface area (TPSA) is 68.7 Å². The highest BCUT2D eigenvalue weighted by Crippen LogP contribution is 2.17. The number of rotatable bonds is 8. The Bertz CT molecular complexity index is 1060. The number of thiazole rings is 1. The fraction of sp³-hybridized carbons (Fsp3) is 0.227. The number of carbonyl (C=O) groups excluding carboxylic acids is 2. The molecule has 3 rings (SSSR count). The summed E-state index contributed by atoms with van der Waals surface area (Å²) in [6.45, 7) is 1.75. The highest BCUT2D eigenvalue weighted by Gasteiger charge is 2.23. The molecule has 6 nitrogen and oxygen atoms in total. The van der Waals surface area contributed by atoms with Gasteiger partial charge in [0, 0.05) is 19.0 Å². The Morgan fingerprint density at radius 3 is 2.58 bits per heavy atom. The molecule has 0 N–H and O–H groups in total. The van der Waals surface area contributed by atoms with Gasteiger partial charge in [0.25, 0.3) is 5.91 Å². The molecule has 9 heteroatoms. The van der Waals surface area contributed by atoms with Crippen molar-refractivity contribution in [1.29, 1.82) is 0 Å². The van der Waals surface area contributed by atoms with E-state index >= 15 is 0 Å². The van der Waals surface area contributed by atoms with Crippen LogP contribution in [0.4, 0.5) is 8.78 Å². The number of aromatic nitrogens is 1. The lowest BCUT2D eigenvalue weighted by Gasteiger charge is -2.21. The van der Waals surface area contributed by atoms with E-state index in [1.807, 2.05) is 0 Å². The lowest BCUT2D eigenvalue weighted by Crippen LogP contribution is -2.37. The highest BCUT2D eigenvalue weighted by atomic mass is 32.1. The zero-order valence-corrected chi connectivity index (χ0v) is 17.7. The van der Waals surface area contributed by atoms with Gasteiger partial charge in [0.1, 0.15) is 29.0 Å². The van der Waals surface area contributed by atoms with Crippen molar-refractivity contribution >= 4 is 23.2 Å². The Kier molecular flexibility index (Phi) is 7.30. The summed E-state index contributed by atoms with van der Waals surface area (Å²) < 4.78 is 36.9. The van der Waals surface area contributed by atoms with Crippen LogP contribution in [0.15, 0.2) is 53.9 Å². The van der Waals surface area contributed by atoms with Crippen molar-refractivity contribution in [3.05, 3.63) is 81.8 Å². The summed E-state index contributed by atoms with van der Waals surface area (Å²) in [5, 5.41) is 2.04. The summed E-state index contributed by atoms with van der Waals surface area (Å²) in [5.74, 6) is -1.43. The molecule has 1 aromatic heterocycles. The van der Waals surface area contributed by atoms with E-state index in [9.17, 15) is 18.4 Å². The number of ether oxygens (including phenoxy) is 2. The number of hydrogen-bond acceptors (Lipinski definition) is 6. The largest absolute Gasteiger partial charge is 0.486 e. The van der Waals surface area contributed by atoms with Crippen LogP contribution in [0, 0.1) is 11.6 Å². The summed E-state index contributed by atoms with van der Waals surface area (Å²) in [7, 11) is 1.55. The molecule has 0 aliphatic heterocycles. The summed E-state index contributed by atoms with van der Waals surface area (Å²) >= 11 is 1.20. The van der Waals surface area contributed by atoms with E-state index in [0.717, 1.165) is 0 Å². The number of carbonyl (C=O) groups is 2. The van der Waals surface area contributed by atoms with Gasteiger partial charge in [0.2, 0.25) is 0 Å². The number of hydrogen-bond donors (Lipinski definition) is 0. The molecule has 2 aromatic carbocycles. The van der Waals surface area contributed by atoms with Crippen molar-refractivity contribution in [3.63, 3.8) is 0 Å². The van der Waals surface area contributed by atoms with Crippen LogP contribution < -0.4 is 4.74 Å². The Morgan fingerprint density at radius 1 is 1.13 bits per heavy atom. The van der Waals surface area contributed by atoms with Gasteiger partial charge >= 0.3 is 5.97 Å². The second kappa shape index (κ2) is 10.1. The number of esters is 1. The third-order valence-corrected chi connectivity index (χ3v) is 5.08. The molecule has 162 valence electrons. The van der Waals surface area contributed by atoms with Gasteiger partial charge in [-0.25, -0.2) is 18.6 Å². The van der Waals surface area contributed by atoms with Gasteiger partial charge in [-0.05, 0) is 48.9 Å². The van der Waals surface area contributed by atoms with Crippen LogP contribution in [0.25, 0.3) is 0 Å². The van der Waals surface area contributed by atoms with Gasteiger partial charge in [0.05, 0.1) is 0 Å². The summed E-state index contributed by atoms with van der Waals surface area (Å²) in [5.41, 5.74) is 0.690. The van der Waals surface area contributed by atoms with E-state index in [0.29, 0.717) is 16.3 Å². The zero-order chi connectivity index (χ0) is 22.4. The number of amides is 1. The van der Waals surface area contributed by atoms with Crippen LogP contribution in [-0.4, -0.2) is 34.9 Å². The fourth-order valence-electron chi connectivity index (χ4n) is 2.72. The van der Waals surface area contributed by atoms with E-state index in [2.05, 4.69) is 4.98 Å². The molecule has 3 aromatic rings. The van der Waals surface area contributed by atoms with Crippen molar-refractivity contribution in [2.75, 3.05) is 7.05 Å². The molecular formula is C22H20F2N2O4S. The number of likely N-dealkylation sites (N-methyl/N-ethyl adjacent to an activating group) is 1. The zero-order valence-electron chi connectivity index (χ0n) is 16.9. The van der Waals surface area contributed by atoms with Crippen molar-refractivity contribution in [3.8, 4) is 5.75 Å². The minimum atomic E-state index is -1.04. The summed E-state index contributed by atoms with van der Waals surface area (Å²) in [6.07, 6.45) is -1.04. The molecule has 1 unspecified atom stereocenters. The standard InChI is InChI=1S/C22H20F2N2O4S/c1-14(21(27)26(2)11-15-4-3-5-17(24)10-15)30-22(28)19-13-31-20(25-19)12-29-18-8-6-16(23)7-9-18/h3-10,13-14H,11-12H2,1-2H3. The Balaban J connectivity index is 1.51. The Labute approximate surface area is 182 Å². The van der Waals surface area contributed by atoms with Crippen LogP contribution in [0.2, 0.25) is 0 Å². The summed E-state index contributed by atoms with van der Waals surface area (Å²) in [6, 6.07) is 11.5. The molecule has 1 atom stereocenters. The van der Waals surface area contributed by atoms with Crippen molar-refractivity contribution < 1.29 is 27.8 Å². The third kappa shape index (κ3) is 6.32. The molecule has 0 aliphatic carbocycles. The van der Waals surface area contributed by atoms with Gasteiger partial charge in [-0.3, -0.25) is 4.79 Å². The maximum Gasteiger partial charge on any atom is 0.358 e. The maximum absolute atomic E-state index is 13.3. The van der Waals surface area contributed by atoms with E-state index in [1.54, 1.807) is 19.2 Å². The quantitative estimate of drug-likeness (QED) is 0.485. The summed E-state index contributed by atoms with van der Waals surface area (Å²) in [4.78, 5) is 30.3. The van der Waals surface area contributed by atoms with Crippen LogP contribution >= 0.6 is 11.3 Å². The van der Waals surface area contributed by atoms with Gasteiger partial charge < -0.3 is 14.4 Å².